The first-order chi connectivity index (χ1) is 8.38. The summed E-state index contributed by atoms with van der Waals surface area (Å²) in [4.78, 5) is 0. The summed E-state index contributed by atoms with van der Waals surface area (Å²) in [6, 6.07) is 11.1. The van der Waals surface area contributed by atoms with Gasteiger partial charge in [0.1, 0.15) is 0 Å². The molecule has 94 valence electrons. The Bertz CT molecular complexity index is 309. The fraction of sp³-hybridized carbons (Fsp3) is 0.571. The lowest BCUT2D eigenvalue weighted by atomic mass is 10.1. The highest BCUT2D eigenvalue weighted by atomic mass is 16.3. The summed E-state index contributed by atoms with van der Waals surface area (Å²) in [7, 11) is 0. The van der Waals surface area contributed by atoms with Gasteiger partial charge in [0.2, 0.25) is 0 Å². The van der Waals surface area contributed by atoms with E-state index in [1.807, 2.05) is 18.2 Å². The van der Waals surface area contributed by atoms with Crippen molar-refractivity contribution < 1.29 is 5.11 Å². The molecule has 3 nitrogen and oxygen atoms in total. The average molecular weight is 234 g/mol. The Morgan fingerprint density at radius 2 is 2.18 bits per heavy atom. The van der Waals surface area contributed by atoms with Gasteiger partial charge in [-0.05, 0) is 31.4 Å². The Kier molecular flexibility index (Phi) is 4.98. The van der Waals surface area contributed by atoms with E-state index >= 15 is 0 Å². The Labute approximate surface area is 103 Å². The number of aliphatic hydroxyl groups excluding tert-OH is 1. The zero-order chi connectivity index (χ0) is 11.9. The van der Waals surface area contributed by atoms with E-state index in [0.717, 1.165) is 19.5 Å². The standard InChI is InChI=1S/C14H22N2O/c17-11-14(9-12-5-2-1-3-6-12)16-10-13-7-4-8-15-13/h1-3,5-6,13-17H,4,7-11H2. The summed E-state index contributed by atoms with van der Waals surface area (Å²) >= 11 is 0. The monoisotopic (exact) mass is 234 g/mol. The summed E-state index contributed by atoms with van der Waals surface area (Å²) < 4.78 is 0. The fourth-order valence-corrected chi connectivity index (χ4v) is 2.34. The van der Waals surface area contributed by atoms with Gasteiger partial charge in [0, 0.05) is 18.6 Å². The quantitative estimate of drug-likeness (QED) is 0.686. The lowest BCUT2D eigenvalue weighted by Gasteiger charge is -2.19. The molecule has 2 atom stereocenters. The minimum absolute atomic E-state index is 0.166. The molecule has 3 heteroatoms. The zero-order valence-corrected chi connectivity index (χ0v) is 10.2. The first-order valence-electron chi connectivity index (χ1n) is 6.50. The second kappa shape index (κ2) is 6.74. The van der Waals surface area contributed by atoms with Gasteiger partial charge in [-0.25, -0.2) is 0 Å². The van der Waals surface area contributed by atoms with Crippen molar-refractivity contribution in [2.75, 3.05) is 19.7 Å². The lowest BCUT2D eigenvalue weighted by Crippen LogP contribution is -2.42. The van der Waals surface area contributed by atoms with Crippen molar-refractivity contribution in [3.63, 3.8) is 0 Å². The van der Waals surface area contributed by atoms with Crippen LogP contribution in [0.5, 0.6) is 0 Å². The summed E-state index contributed by atoms with van der Waals surface area (Å²) in [5.74, 6) is 0. The first-order valence-corrected chi connectivity index (χ1v) is 6.50. The largest absolute Gasteiger partial charge is 0.395 e. The first kappa shape index (κ1) is 12.6. The van der Waals surface area contributed by atoms with Gasteiger partial charge in [-0.15, -0.1) is 0 Å². The van der Waals surface area contributed by atoms with E-state index in [2.05, 4.69) is 22.8 Å². The molecule has 0 spiro atoms. The topological polar surface area (TPSA) is 44.3 Å². The van der Waals surface area contributed by atoms with Crippen LogP contribution in [0.1, 0.15) is 18.4 Å². The minimum Gasteiger partial charge on any atom is -0.395 e. The van der Waals surface area contributed by atoms with Gasteiger partial charge in [0.15, 0.2) is 0 Å². The number of nitrogens with one attached hydrogen (secondary N) is 2. The number of benzene rings is 1. The van der Waals surface area contributed by atoms with Crippen LogP contribution in [-0.2, 0) is 6.42 Å². The molecule has 2 rings (SSSR count). The number of hydrogen-bond acceptors (Lipinski definition) is 3. The van der Waals surface area contributed by atoms with Crippen LogP contribution >= 0.6 is 0 Å². The molecule has 17 heavy (non-hydrogen) atoms. The van der Waals surface area contributed by atoms with E-state index in [4.69, 9.17) is 0 Å². The molecule has 1 saturated heterocycles. The molecule has 0 aliphatic carbocycles. The lowest BCUT2D eigenvalue weighted by molar-refractivity contribution is 0.239. The molecule has 2 unspecified atom stereocenters. The summed E-state index contributed by atoms with van der Waals surface area (Å²) in [6.45, 7) is 2.29. The molecule has 1 aromatic carbocycles. The smallest absolute Gasteiger partial charge is 0.0587 e. The Morgan fingerprint density at radius 3 is 2.82 bits per heavy atom. The minimum atomic E-state index is 0.166. The van der Waals surface area contributed by atoms with E-state index in [1.54, 1.807) is 0 Å². The van der Waals surface area contributed by atoms with Crippen molar-refractivity contribution in [3.05, 3.63) is 35.9 Å². The van der Waals surface area contributed by atoms with Gasteiger partial charge in [0.25, 0.3) is 0 Å². The third-order valence-corrected chi connectivity index (χ3v) is 3.36. The van der Waals surface area contributed by atoms with Crippen LogP contribution in [0.3, 0.4) is 0 Å². The van der Waals surface area contributed by atoms with Crippen LogP contribution in [0.15, 0.2) is 30.3 Å². The van der Waals surface area contributed by atoms with Crippen molar-refractivity contribution >= 4 is 0 Å². The number of hydrogen-bond donors (Lipinski definition) is 3. The van der Waals surface area contributed by atoms with Crippen molar-refractivity contribution in [2.45, 2.75) is 31.3 Å². The van der Waals surface area contributed by atoms with Crippen molar-refractivity contribution in [3.8, 4) is 0 Å². The predicted octanol–water partition coefficient (Wildman–Crippen LogP) is 0.932. The Balaban J connectivity index is 1.76. The molecule has 0 bridgehead atoms. The highest BCUT2D eigenvalue weighted by Gasteiger charge is 2.15. The van der Waals surface area contributed by atoms with Gasteiger partial charge < -0.3 is 15.7 Å². The van der Waals surface area contributed by atoms with Crippen LogP contribution in [0, 0.1) is 0 Å². The highest BCUT2D eigenvalue weighted by Crippen LogP contribution is 2.06. The maximum atomic E-state index is 9.38. The van der Waals surface area contributed by atoms with Crippen LogP contribution in [0.4, 0.5) is 0 Å². The maximum absolute atomic E-state index is 9.38. The molecular formula is C14H22N2O. The van der Waals surface area contributed by atoms with Crippen LogP contribution < -0.4 is 10.6 Å². The molecule has 1 heterocycles. The number of aliphatic hydroxyl groups is 1. The van der Waals surface area contributed by atoms with Crippen LogP contribution in [0.2, 0.25) is 0 Å². The Hall–Kier alpha value is -0.900. The third kappa shape index (κ3) is 4.11. The summed E-state index contributed by atoms with van der Waals surface area (Å²) in [5.41, 5.74) is 1.28. The van der Waals surface area contributed by atoms with E-state index in [-0.39, 0.29) is 12.6 Å². The predicted molar refractivity (Wildman–Crippen MR) is 70.0 cm³/mol. The van der Waals surface area contributed by atoms with Crippen LogP contribution in [-0.4, -0.2) is 36.9 Å². The second-order valence-corrected chi connectivity index (χ2v) is 4.77. The fourth-order valence-electron chi connectivity index (χ4n) is 2.34. The molecule has 0 radical (unpaired) electrons. The molecular weight excluding hydrogens is 212 g/mol. The second-order valence-electron chi connectivity index (χ2n) is 4.77. The highest BCUT2D eigenvalue weighted by molar-refractivity contribution is 5.15. The molecule has 1 aliphatic heterocycles. The van der Waals surface area contributed by atoms with Gasteiger partial charge in [-0.3, -0.25) is 0 Å². The van der Waals surface area contributed by atoms with E-state index in [1.165, 1.54) is 18.4 Å². The van der Waals surface area contributed by atoms with Gasteiger partial charge in [-0.2, -0.15) is 0 Å². The van der Waals surface area contributed by atoms with Crippen LogP contribution in [0.25, 0.3) is 0 Å². The van der Waals surface area contributed by atoms with Crippen molar-refractivity contribution in [1.29, 1.82) is 0 Å². The zero-order valence-electron chi connectivity index (χ0n) is 10.2. The van der Waals surface area contributed by atoms with E-state index in [0.29, 0.717) is 6.04 Å². The number of rotatable bonds is 6. The average Bonchev–Trinajstić information content (AvgIpc) is 2.89. The van der Waals surface area contributed by atoms with Gasteiger partial charge >= 0.3 is 0 Å². The molecule has 0 aromatic heterocycles. The molecule has 1 aromatic rings. The Morgan fingerprint density at radius 1 is 1.35 bits per heavy atom. The maximum Gasteiger partial charge on any atom is 0.0587 e. The third-order valence-electron chi connectivity index (χ3n) is 3.36. The molecule has 3 N–H and O–H groups in total. The molecule has 1 fully saturated rings. The molecule has 0 saturated carbocycles. The van der Waals surface area contributed by atoms with Gasteiger partial charge in [-0.1, -0.05) is 30.3 Å². The molecule has 1 aliphatic rings. The SMILES string of the molecule is OCC(Cc1ccccc1)NCC1CCCN1. The molecule has 0 amide bonds. The normalized spacial score (nSPS) is 21.6. The van der Waals surface area contributed by atoms with Crippen molar-refractivity contribution in [2.24, 2.45) is 0 Å². The van der Waals surface area contributed by atoms with Gasteiger partial charge in [0.05, 0.1) is 6.61 Å². The summed E-state index contributed by atoms with van der Waals surface area (Å²) in [6.07, 6.45) is 3.41. The van der Waals surface area contributed by atoms with E-state index < -0.39 is 0 Å². The van der Waals surface area contributed by atoms with Crippen molar-refractivity contribution in [1.82, 2.24) is 10.6 Å². The summed E-state index contributed by atoms with van der Waals surface area (Å²) in [5, 5.41) is 16.3. The van der Waals surface area contributed by atoms with E-state index in [9.17, 15) is 5.11 Å².